The van der Waals surface area contributed by atoms with Crippen molar-refractivity contribution >= 4 is 23.4 Å². The van der Waals surface area contributed by atoms with Crippen molar-refractivity contribution in [3.8, 4) is 0 Å². The van der Waals surface area contributed by atoms with Gasteiger partial charge < -0.3 is 4.90 Å². The van der Waals surface area contributed by atoms with Crippen LogP contribution in [0.1, 0.15) is 32.3 Å². The first-order valence-corrected chi connectivity index (χ1v) is 8.51. The molecule has 6 heteroatoms. The Morgan fingerprint density at radius 1 is 1.41 bits per heavy atom. The van der Waals surface area contributed by atoms with Gasteiger partial charge in [-0.25, -0.2) is 0 Å². The molecule has 5 nitrogen and oxygen atoms in total. The lowest BCUT2D eigenvalue weighted by molar-refractivity contribution is -0.384. The van der Waals surface area contributed by atoms with Crippen molar-refractivity contribution < 1.29 is 9.72 Å². The van der Waals surface area contributed by atoms with Gasteiger partial charge in [0.1, 0.15) is 0 Å². The molecule has 0 radical (unpaired) electrons. The van der Waals surface area contributed by atoms with E-state index in [1.54, 1.807) is 12.1 Å². The molecule has 1 fully saturated rings. The largest absolute Gasteiger partial charge is 0.342 e. The topological polar surface area (TPSA) is 63.5 Å². The summed E-state index contributed by atoms with van der Waals surface area (Å²) in [5, 5.41) is 10.8. The molecule has 0 saturated carbocycles. The van der Waals surface area contributed by atoms with Crippen LogP contribution in [0.4, 0.5) is 5.69 Å². The second-order valence-corrected chi connectivity index (χ2v) is 7.97. The van der Waals surface area contributed by atoms with E-state index in [9.17, 15) is 14.9 Å². The second kappa shape index (κ2) is 7.13. The van der Waals surface area contributed by atoms with Gasteiger partial charge in [-0.2, -0.15) is 11.8 Å². The summed E-state index contributed by atoms with van der Waals surface area (Å²) in [6.45, 7) is 6.03. The number of amides is 1. The first-order valence-electron chi connectivity index (χ1n) is 7.52. The van der Waals surface area contributed by atoms with E-state index < -0.39 is 4.92 Å². The van der Waals surface area contributed by atoms with Gasteiger partial charge in [-0.3, -0.25) is 14.9 Å². The molecule has 1 amide bonds. The Balaban J connectivity index is 1.90. The predicted octanol–water partition coefficient (Wildman–Crippen LogP) is 3.27. The van der Waals surface area contributed by atoms with Crippen molar-refractivity contribution in [3.63, 3.8) is 0 Å². The molecule has 1 aliphatic heterocycles. The maximum atomic E-state index is 12.3. The van der Waals surface area contributed by atoms with E-state index in [0.29, 0.717) is 12.8 Å². The third-order valence-corrected chi connectivity index (χ3v) is 5.31. The van der Waals surface area contributed by atoms with Gasteiger partial charge in [0.2, 0.25) is 5.91 Å². The number of benzene rings is 1. The lowest BCUT2D eigenvalue weighted by Gasteiger charge is -2.22. The molecule has 0 aromatic heterocycles. The number of hydrogen-bond acceptors (Lipinski definition) is 4. The highest BCUT2D eigenvalue weighted by Crippen LogP contribution is 2.30. The van der Waals surface area contributed by atoms with Crippen LogP contribution in [0.25, 0.3) is 0 Å². The summed E-state index contributed by atoms with van der Waals surface area (Å²) in [7, 11) is 0. The van der Waals surface area contributed by atoms with E-state index in [2.05, 4.69) is 13.8 Å². The molecule has 22 heavy (non-hydrogen) atoms. The highest BCUT2D eigenvalue weighted by molar-refractivity contribution is 8.00. The lowest BCUT2D eigenvalue weighted by Crippen LogP contribution is -2.33. The van der Waals surface area contributed by atoms with Crippen molar-refractivity contribution in [2.24, 2.45) is 0 Å². The van der Waals surface area contributed by atoms with Crippen molar-refractivity contribution in [3.05, 3.63) is 39.9 Å². The predicted molar refractivity (Wildman–Crippen MR) is 89.2 cm³/mol. The highest BCUT2D eigenvalue weighted by atomic mass is 32.2. The van der Waals surface area contributed by atoms with Crippen molar-refractivity contribution in [2.75, 3.05) is 18.8 Å². The molecule has 120 valence electrons. The Kier molecular flexibility index (Phi) is 5.45. The number of nitro benzene ring substituents is 1. The average Bonchev–Trinajstić information content (AvgIpc) is 2.66. The normalized spacial score (nSPS) is 17.8. The van der Waals surface area contributed by atoms with Crippen LogP contribution < -0.4 is 0 Å². The number of hydrogen-bond donors (Lipinski definition) is 0. The van der Waals surface area contributed by atoms with E-state index in [-0.39, 0.29) is 16.3 Å². The molecule has 0 N–H and O–H groups in total. The van der Waals surface area contributed by atoms with Gasteiger partial charge in [-0.05, 0) is 18.4 Å². The Hall–Kier alpha value is -1.56. The summed E-state index contributed by atoms with van der Waals surface area (Å²) in [5.74, 6) is 1.11. The van der Waals surface area contributed by atoms with Gasteiger partial charge in [0.05, 0.1) is 4.92 Å². The summed E-state index contributed by atoms with van der Waals surface area (Å²) >= 11 is 1.91. The van der Waals surface area contributed by atoms with Crippen LogP contribution in [0, 0.1) is 10.1 Å². The van der Waals surface area contributed by atoms with Crippen LogP contribution >= 0.6 is 11.8 Å². The molecule has 2 rings (SSSR count). The van der Waals surface area contributed by atoms with E-state index in [1.807, 2.05) is 22.7 Å². The van der Waals surface area contributed by atoms with Gasteiger partial charge in [-0.15, -0.1) is 0 Å². The van der Waals surface area contributed by atoms with Crippen LogP contribution in [-0.4, -0.2) is 39.3 Å². The number of aryl methyl sites for hydroxylation is 1. The second-order valence-electron chi connectivity index (χ2n) is 6.17. The Labute approximate surface area is 135 Å². The number of carbonyl (C=O) groups is 1. The Bertz CT molecular complexity index is 560. The number of rotatable bonds is 4. The van der Waals surface area contributed by atoms with Gasteiger partial charge in [-0.1, -0.05) is 26.0 Å². The van der Waals surface area contributed by atoms with E-state index >= 15 is 0 Å². The molecular weight excluding hydrogens is 300 g/mol. The third kappa shape index (κ3) is 4.73. The molecule has 1 aliphatic rings. The monoisotopic (exact) mass is 322 g/mol. The zero-order valence-corrected chi connectivity index (χ0v) is 13.9. The fourth-order valence-corrected chi connectivity index (χ4v) is 3.60. The minimum Gasteiger partial charge on any atom is -0.342 e. The minimum atomic E-state index is -0.403. The van der Waals surface area contributed by atoms with Crippen LogP contribution in [0.2, 0.25) is 0 Å². The van der Waals surface area contributed by atoms with Crippen LogP contribution in [0.15, 0.2) is 24.3 Å². The third-order valence-electron chi connectivity index (χ3n) is 3.94. The smallest absolute Gasteiger partial charge is 0.269 e. The first kappa shape index (κ1) is 16.8. The number of carbonyl (C=O) groups excluding carboxylic acids is 1. The molecule has 0 unspecified atom stereocenters. The van der Waals surface area contributed by atoms with Crippen molar-refractivity contribution in [1.82, 2.24) is 4.90 Å². The summed E-state index contributed by atoms with van der Waals surface area (Å²) in [5.41, 5.74) is 0.921. The SMILES string of the molecule is CC1(C)CCN(C(=O)CCc2cccc([N+](=O)[O-])c2)CCS1. The summed E-state index contributed by atoms with van der Waals surface area (Å²) in [6, 6.07) is 6.53. The van der Waals surface area contributed by atoms with E-state index in [0.717, 1.165) is 30.8 Å². The number of nitrogens with zero attached hydrogens (tertiary/aromatic N) is 2. The highest BCUT2D eigenvalue weighted by Gasteiger charge is 2.25. The van der Waals surface area contributed by atoms with Gasteiger partial charge >= 0.3 is 0 Å². The van der Waals surface area contributed by atoms with Crippen LogP contribution in [0.3, 0.4) is 0 Å². The zero-order chi connectivity index (χ0) is 16.2. The fraction of sp³-hybridized carbons (Fsp3) is 0.562. The van der Waals surface area contributed by atoms with Crippen LogP contribution in [-0.2, 0) is 11.2 Å². The first-order chi connectivity index (χ1) is 10.4. The zero-order valence-electron chi connectivity index (χ0n) is 13.1. The molecule has 0 spiro atoms. The summed E-state index contributed by atoms with van der Waals surface area (Å²) < 4.78 is 0.231. The maximum Gasteiger partial charge on any atom is 0.269 e. The minimum absolute atomic E-state index is 0.0814. The summed E-state index contributed by atoms with van der Waals surface area (Å²) in [4.78, 5) is 24.6. The molecular formula is C16H22N2O3S. The lowest BCUT2D eigenvalue weighted by atomic mass is 10.1. The average molecular weight is 322 g/mol. The number of non-ortho nitro benzene ring substituents is 1. The van der Waals surface area contributed by atoms with E-state index in [4.69, 9.17) is 0 Å². The summed E-state index contributed by atoms with van der Waals surface area (Å²) in [6.07, 6.45) is 1.96. The van der Waals surface area contributed by atoms with Gasteiger partial charge in [0.25, 0.3) is 5.69 Å². The van der Waals surface area contributed by atoms with Crippen molar-refractivity contribution in [2.45, 2.75) is 37.9 Å². The molecule has 1 saturated heterocycles. The Morgan fingerprint density at radius 3 is 2.91 bits per heavy atom. The number of nitro groups is 1. The molecule has 0 bridgehead atoms. The van der Waals surface area contributed by atoms with Crippen LogP contribution in [0.5, 0.6) is 0 Å². The molecule has 0 aliphatic carbocycles. The van der Waals surface area contributed by atoms with Crippen molar-refractivity contribution in [1.29, 1.82) is 0 Å². The van der Waals surface area contributed by atoms with Gasteiger partial charge in [0.15, 0.2) is 0 Å². The fourth-order valence-electron chi connectivity index (χ4n) is 2.50. The van der Waals surface area contributed by atoms with E-state index in [1.165, 1.54) is 6.07 Å². The quantitative estimate of drug-likeness (QED) is 0.630. The Morgan fingerprint density at radius 2 is 2.18 bits per heavy atom. The molecule has 1 aromatic rings. The standard InChI is InChI=1S/C16H22N2O3S/c1-16(2)8-9-17(10-11-22-16)15(19)7-6-13-4-3-5-14(12-13)18(20)21/h3-5,12H,6-11H2,1-2H3. The molecule has 1 aromatic carbocycles. The van der Waals surface area contributed by atoms with Gasteiger partial charge in [0, 0.05) is 42.1 Å². The molecule has 1 heterocycles. The number of thioether (sulfide) groups is 1. The molecule has 0 atom stereocenters. The maximum absolute atomic E-state index is 12.3.